The minimum Gasteiger partial charge on any atom is -0.347 e. The fourth-order valence-electron chi connectivity index (χ4n) is 1.85. The van der Waals surface area contributed by atoms with E-state index in [1.807, 2.05) is 7.05 Å². The highest BCUT2D eigenvalue weighted by atomic mass is 35.5. The quantitative estimate of drug-likeness (QED) is 0.788. The van der Waals surface area contributed by atoms with Gasteiger partial charge in [-0.2, -0.15) is 0 Å². The van der Waals surface area contributed by atoms with Gasteiger partial charge in [0.05, 0.1) is 0 Å². The predicted octanol–water partition coefficient (Wildman–Crippen LogP) is 1.17. The van der Waals surface area contributed by atoms with E-state index in [0.29, 0.717) is 10.8 Å². The first-order valence-corrected chi connectivity index (χ1v) is 5.65. The maximum Gasteiger partial charge on any atom is 0.270 e. The van der Waals surface area contributed by atoms with E-state index in [2.05, 4.69) is 15.2 Å². The number of halogens is 1. The third kappa shape index (κ3) is 2.71. The second-order valence-corrected chi connectivity index (χ2v) is 4.45. The molecule has 16 heavy (non-hydrogen) atoms. The fraction of sp³-hybridized carbons (Fsp3) is 0.455. The molecule has 1 unspecified atom stereocenters. The van der Waals surface area contributed by atoms with Crippen LogP contribution in [0.1, 0.15) is 16.9 Å². The summed E-state index contributed by atoms with van der Waals surface area (Å²) in [5.41, 5.74) is 0.377. The molecule has 1 amide bonds. The van der Waals surface area contributed by atoms with Crippen molar-refractivity contribution in [3.63, 3.8) is 0 Å². The van der Waals surface area contributed by atoms with Crippen molar-refractivity contribution in [3.05, 3.63) is 29.0 Å². The van der Waals surface area contributed by atoms with Gasteiger partial charge in [0, 0.05) is 12.6 Å². The Hall–Kier alpha value is -1.13. The summed E-state index contributed by atoms with van der Waals surface area (Å²) in [6, 6.07) is 5.27. The Morgan fingerprint density at radius 1 is 1.62 bits per heavy atom. The average molecular weight is 240 g/mol. The maximum absolute atomic E-state index is 11.8. The van der Waals surface area contributed by atoms with Gasteiger partial charge in [-0.15, -0.1) is 0 Å². The van der Waals surface area contributed by atoms with E-state index in [-0.39, 0.29) is 11.9 Å². The van der Waals surface area contributed by atoms with Gasteiger partial charge in [0.1, 0.15) is 10.8 Å². The van der Waals surface area contributed by atoms with E-state index >= 15 is 0 Å². The summed E-state index contributed by atoms with van der Waals surface area (Å²) in [6.07, 6.45) is 0.989. The summed E-state index contributed by atoms with van der Waals surface area (Å²) in [5.74, 6) is -0.150. The van der Waals surface area contributed by atoms with Crippen molar-refractivity contribution in [2.24, 2.45) is 0 Å². The van der Waals surface area contributed by atoms with Crippen molar-refractivity contribution < 1.29 is 4.79 Å². The largest absolute Gasteiger partial charge is 0.347 e. The molecule has 1 saturated heterocycles. The molecule has 1 aliphatic rings. The van der Waals surface area contributed by atoms with Gasteiger partial charge >= 0.3 is 0 Å². The van der Waals surface area contributed by atoms with Crippen LogP contribution in [-0.2, 0) is 0 Å². The molecule has 5 heteroatoms. The number of pyridine rings is 1. The highest BCUT2D eigenvalue weighted by molar-refractivity contribution is 6.29. The Morgan fingerprint density at radius 2 is 2.44 bits per heavy atom. The molecule has 4 nitrogen and oxygen atoms in total. The number of nitrogens with zero attached hydrogens (tertiary/aromatic N) is 2. The molecule has 0 saturated carbocycles. The third-order valence-electron chi connectivity index (χ3n) is 2.67. The van der Waals surface area contributed by atoms with Crippen LogP contribution < -0.4 is 5.32 Å². The van der Waals surface area contributed by atoms with Gasteiger partial charge in [0.15, 0.2) is 0 Å². The number of rotatable bonds is 2. The SMILES string of the molecule is CN1CCC(NC(=O)c2cccc(Cl)n2)C1. The zero-order valence-electron chi connectivity index (χ0n) is 9.11. The summed E-state index contributed by atoms with van der Waals surface area (Å²) < 4.78 is 0. The van der Waals surface area contributed by atoms with Gasteiger partial charge in [-0.05, 0) is 32.1 Å². The van der Waals surface area contributed by atoms with Crippen molar-refractivity contribution >= 4 is 17.5 Å². The fourth-order valence-corrected chi connectivity index (χ4v) is 2.01. The lowest BCUT2D eigenvalue weighted by Gasteiger charge is -2.12. The molecule has 0 aliphatic carbocycles. The first-order valence-electron chi connectivity index (χ1n) is 5.27. The van der Waals surface area contributed by atoms with E-state index in [4.69, 9.17) is 11.6 Å². The zero-order valence-corrected chi connectivity index (χ0v) is 9.87. The Morgan fingerprint density at radius 3 is 3.06 bits per heavy atom. The molecule has 1 atom stereocenters. The van der Waals surface area contributed by atoms with Gasteiger partial charge in [0.25, 0.3) is 5.91 Å². The predicted molar refractivity (Wildman–Crippen MR) is 62.6 cm³/mol. The summed E-state index contributed by atoms with van der Waals surface area (Å²) >= 11 is 5.73. The van der Waals surface area contributed by atoms with Crippen LogP contribution in [0.5, 0.6) is 0 Å². The number of carbonyl (C=O) groups is 1. The van der Waals surface area contributed by atoms with Gasteiger partial charge in [-0.3, -0.25) is 4.79 Å². The van der Waals surface area contributed by atoms with Crippen molar-refractivity contribution in [2.45, 2.75) is 12.5 Å². The summed E-state index contributed by atoms with van der Waals surface area (Å²) in [4.78, 5) is 18.0. The lowest BCUT2D eigenvalue weighted by Crippen LogP contribution is -2.36. The Labute approximate surface area is 99.6 Å². The number of hydrogen-bond acceptors (Lipinski definition) is 3. The molecule has 2 heterocycles. The monoisotopic (exact) mass is 239 g/mol. The molecule has 0 bridgehead atoms. The maximum atomic E-state index is 11.8. The molecule has 2 rings (SSSR count). The molecular formula is C11H14ClN3O. The summed E-state index contributed by atoms with van der Waals surface area (Å²) in [7, 11) is 2.05. The normalized spacial score (nSPS) is 21.0. The molecule has 86 valence electrons. The number of likely N-dealkylation sites (tertiary alicyclic amines) is 1. The Balaban J connectivity index is 1.98. The number of hydrogen-bond donors (Lipinski definition) is 1. The van der Waals surface area contributed by atoms with Gasteiger partial charge in [-0.1, -0.05) is 17.7 Å². The molecule has 1 N–H and O–H groups in total. The lowest BCUT2D eigenvalue weighted by atomic mass is 10.2. The van der Waals surface area contributed by atoms with Crippen LogP contribution in [0.2, 0.25) is 5.15 Å². The van der Waals surface area contributed by atoms with E-state index < -0.39 is 0 Å². The van der Waals surface area contributed by atoms with Gasteiger partial charge in [0.2, 0.25) is 0 Å². The third-order valence-corrected chi connectivity index (χ3v) is 2.88. The van der Waals surface area contributed by atoms with Crippen LogP contribution in [0.25, 0.3) is 0 Å². The van der Waals surface area contributed by atoms with E-state index in [1.54, 1.807) is 18.2 Å². The van der Waals surface area contributed by atoms with Crippen LogP contribution in [0.4, 0.5) is 0 Å². The van der Waals surface area contributed by atoms with Crippen LogP contribution >= 0.6 is 11.6 Å². The molecule has 0 aromatic carbocycles. The number of amides is 1. The molecule has 0 spiro atoms. The van der Waals surface area contributed by atoms with Gasteiger partial charge < -0.3 is 10.2 Å². The van der Waals surface area contributed by atoms with Crippen molar-refractivity contribution in [3.8, 4) is 0 Å². The second-order valence-electron chi connectivity index (χ2n) is 4.07. The first-order chi connectivity index (χ1) is 7.65. The molecule has 1 aliphatic heterocycles. The Kier molecular flexibility index (Phi) is 3.41. The molecule has 0 radical (unpaired) electrons. The smallest absolute Gasteiger partial charge is 0.270 e. The van der Waals surface area contributed by atoms with E-state index in [1.165, 1.54) is 0 Å². The second kappa shape index (κ2) is 4.80. The average Bonchev–Trinajstić information content (AvgIpc) is 2.64. The van der Waals surface area contributed by atoms with Crippen LogP contribution in [0.15, 0.2) is 18.2 Å². The summed E-state index contributed by atoms with van der Waals surface area (Å²) in [6.45, 7) is 1.92. The highest BCUT2D eigenvalue weighted by Gasteiger charge is 2.21. The molecular weight excluding hydrogens is 226 g/mol. The molecule has 1 aromatic rings. The lowest BCUT2D eigenvalue weighted by molar-refractivity contribution is 0.0933. The Bertz CT molecular complexity index is 397. The topological polar surface area (TPSA) is 45.2 Å². The standard InChI is InChI=1S/C11H14ClN3O/c1-15-6-5-8(7-15)13-11(16)9-3-2-4-10(12)14-9/h2-4,8H,5-7H2,1H3,(H,13,16). The minimum absolute atomic E-state index is 0.150. The zero-order chi connectivity index (χ0) is 11.5. The number of aromatic nitrogens is 1. The van der Waals surface area contributed by atoms with Crippen LogP contribution in [-0.4, -0.2) is 42.0 Å². The highest BCUT2D eigenvalue weighted by Crippen LogP contribution is 2.08. The van der Waals surface area contributed by atoms with Crippen molar-refractivity contribution in [1.29, 1.82) is 0 Å². The number of carbonyl (C=O) groups excluding carboxylic acids is 1. The molecule has 1 aromatic heterocycles. The van der Waals surface area contributed by atoms with Crippen LogP contribution in [0.3, 0.4) is 0 Å². The number of nitrogens with one attached hydrogen (secondary N) is 1. The van der Waals surface area contributed by atoms with E-state index in [9.17, 15) is 4.79 Å². The van der Waals surface area contributed by atoms with E-state index in [0.717, 1.165) is 19.5 Å². The first kappa shape index (κ1) is 11.4. The molecule has 1 fully saturated rings. The van der Waals surface area contributed by atoms with Crippen molar-refractivity contribution in [1.82, 2.24) is 15.2 Å². The number of likely N-dealkylation sites (N-methyl/N-ethyl adjacent to an activating group) is 1. The van der Waals surface area contributed by atoms with Gasteiger partial charge in [-0.25, -0.2) is 4.98 Å². The van der Waals surface area contributed by atoms with Crippen LogP contribution in [0, 0.1) is 0 Å². The minimum atomic E-state index is -0.150. The summed E-state index contributed by atoms with van der Waals surface area (Å²) in [5, 5.41) is 3.29. The van der Waals surface area contributed by atoms with Crippen molar-refractivity contribution in [2.75, 3.05) is 20.1 Å².